The van der Waals surface area contributed by atoms with E-state index >= 15 is 0 Å². The molecular weight excluding hydrogens is 365 g/mol. The summed E-state index contributed by atoms with van der Waals surface area (Å²) in [7, 11) is 0. The minimum atomic E-state index is 0.348. The highest BCUT2D eigenvalue weighted by Crippen LogP contribution is 2.39. The van der Waals surface area contributed by atoms with Crippen molar-refractivity contribution < 1.29 is 0 Å². The third-order valence-electron chi connectivity index (χ3n) is 3.29. The molecule has 0 spiro atoms. The summed E-state index contributed by atoms with van der Waals surface area (Å²) >= 11 is 17.5. The summed E-state index contributed by atoms with van der Waals surface area (Å²) in [6.45, 7) is 0. The molecule has 19 heavy (non-hydrogen) atoms. The molecular formula is C14H12BrCl2NS. The van der Waals surface area contributed by atoms with Crippen LogP contribution in [0.25, 0.3) is 0 Å². The number of halogens is 3. The molecule has 0 saturated carbocycles. The minimum absolute atomic E-state index is 0.348. The fraction of sp³-hybridized carbons (Fsp3) is 0.286. The monoisotopic (exact) mass is 375 g/mol. The molecule has 0 fully saturated rings. The van der Waals surface area contributed by atoms with Crippen molar-refractivity contribution in [2.24, 2.45) is 0 Å². The van der Waals surface area contributed by atoms with Gasteiger partial charge in [0.05, 0.1) is 9.83 Å². The highest BCUT2D eigenvalue weighted by Gasteiger charge is 2.22. The van der Waals surface area contributed by atoms with Gasteiger partial charge in [-0.15, -0.1) is 11.3 Å². The fourth-order valence-corrected chi connectivity index (χ4v) is 4.86. The lowest BCUT2D eigenvalue weighted by atomic mass is 9.94. The molecule has 0 saturated heterocycles. The second kappa shape index (κ2) is 5.65. The van der Waals surface area contributed by atoms with Crippen LogP contribution in [0.2, 0.25) is 10.0 Å². The van der Waals surface area contributed by atoms with E-state index in [0.717, 1.165) is 12.1 Å². The summed E-state index contributed by atoms with van der Waals surface area (Å²) in [5.74, 6) is 0. The van der Waals surface area contributed by atoms with Crippen LogP contribution in [0, 0.1) is 0 Å². The Balaban J connectivity index is 1.88. The van der Waals surface area contributed by atoms with Crippen molar-refractivity contribution in [1.82, 2.24) is 0 Å². The van der Waals surface area contributed by atoms with Crippen molar-refractivity contribution in [3.63, 3.8) is 0 Å². The van der Waals surface area contributed by atoms with Gasteiger partial charge < -0.3 is 5.32 Å². The van der Waals surface area contributed by atoms with E-state index in [0.29, 0.717) is 16.1 Å². The van der Waals surface area contributed by atoms with E-state index in [2.05, 4.69) is 27.3 Å². The average Bonchev–Trinajstić information content (AvgIpc) is 2.69. The molecule has 0 radical (unpaired) electrons. The van der Waals surface area contributed by atoms with Crippen molar-refractivity contribution in [2.75, 3.05) is 5.32 Å². The predicted octanol–water partition coefficient (Wildman–Crippen LogP) is 6.31. The second-order valence-corrected chi connectivity index (χ2v) is 8.07. The van der Waals surface area contributed by atoms with Crippen molar-refractivity contribution >= 4 is 56.2 Å². The van der Waals surface area contributed by atoms with E-state index < -0.39 is 0 Å². The first-order valence-corrected chi connectivity index (χ1v) is 8.49. The van der Waals surface area contributed by atoms with Gasteiger partial charge in [-0.3, -0.25) is 0 Å². The zero-order valence-corrected chi connectivity index (χ0v) is 14.0. The van der Waals surface area contributed by atoms with Crippen molar-refractivity contribution in [3.8, 4) is 0 Å². The van der Waals surface area contributed by atoms with Crippen LogP contribution in [0.5, 0.6) is 0 Å². The molecule has 3 rings (SSSR count). The van der Waals surface area contributed by atoms with Crippen LogP contribution in [0.15, 0.2) is 28.1 Å². The molecule has 0 amide bonds. The summed E-state index contributed by atoms with van der Waals surface area (Å²) in [5, 5.41) is 4.88. The topological polar surface area (TPSA) is 12.0 Å². The summed E-state index contributed by atoms with van der Waals surface area (Å²) in [6.07, 6.45) is 3.53. The third kappa shape index (κ3) is 3.10. The first-order valence-electron chi connectivity index (χ1n) is 6.12. The first kappa shape index (κ1) is 13.7. The normalized spacial score (nSPS) is 18.2. The average molecular weight is 377 g/mol. The molecule has 1 aromatic heterocycles. The Morgan fingerprint density at radius 1 is 1.16 bits per heavy atom. The largest absolute Gasteiger partial charge is 0.378 e. The molecule has 5 heteroatoms. The fourth-order valence-electron chi connectivity index (χ4n) is 2.51. The Bertz CT molecular complexity index is 591. The predicted molar refractivity (Wildman–Crippen MR) is 87.8 cm³/mol. The zero-order chi connectivity index (χ0) is 13.4. The molecule has 1 aromatic carbocycles. The van der Waals surface area contributed by atoms with Crippen LogP contribution in [0.3, 0.4) is 0 Å². The molecule has 1 nitrogen and oxygen atoms in total. The number of nitrogens with one attached hydrogen (secondary N) is 1. The van der Waals surface area contributed by atoms with Crippen LogP contribution < -0.4 is 5.32 Å². The molecule has 0 aliphatic heterocycles. The van der Waals surface area contributed by atoms with Gasteiger partial charge in [0.15, 0.2) is 0 Å². The Morgan fingerprint density at radius 3 is 2.63 bits per heavy atom. The summed E-state index contributed by atoms with van der Waals surface area (Å²) in [6, 6.07) is 8.16. The molecule has 1 heterocycles. The SMILES string of the molecule is Clc1cc(Cl)cc(NC2CCCc3sc(Br)cc32)c1. The number of aryl methyl sites for hydroxylation is 1. The minimum Gasteiger partial charge on any atom is -0.378 e. The van der Waals surface area contributed by atoms with Gasteiger partial charge in [0, 0.05) is 20.6 Å². The standard InChI is InChI=1S/C14H12BrCl2NS/c15-14-7-11-12(2-1-3-13(11)19-14)18-10-5-8(16)4-9(17)6-10/h4-7,12,18H,1-3H2. The van der Waals surface area contributed by atoms with Crippen LogP contribution in [0.1, 0.15) is 29.3 Å². The van der Waals surface area contributed by atoms with Gasteiger partial charge >= 0.3 is 0 Å². The van der Waals surface area contributed by atoms with Crippen LogP contribution in [-0.4, -0.2) is 0 Å². The number of hydrogen-bond donors (Lipinski definition) is 1. The molecule has 1 atom stereocenters. The van der Waals surface area contributed by atoms with E-state index in [1.54, 1.807) is 6.07 Å². The van der Waals surface area contributed by atoms with Crippen molar-refractivity contribution in [2.45, 2.75) is 25.3 Å². The van der Waals surface area contributed by atoms with Gasteiger partial charge in [-0.1, -0.05) is 23.2 Å². The first-order chi connectivity index (χ1) is 9.11. The lowest BCUT2D eigenvalue weighted by molar-refractivity contribution is 0.609. The Hall–Kier alpha value is -0.220. The zero-order valence-electron chi connectivity index (χ0n) is 10.1. The number of anilines is 1. The molecule has 1 unspecified atom stereocenters. The smallest absolute Gasteiger partial charge is 0.0705 e. The van der Waals surface area contributed by atoms with Gasteiger partial charge in [0.2, 0.25) is 0 Å². The number of rotatable bonds is 2. The molecule has 1 N–H and O–H groups in total. The van der Waals surface area contributed by atoms with Gasteiger partial charge in [-0.05, 0) is 65.0 Å². The maximum Gasteiger partial charge on any atom is 0.0705 e. The van der Waals surface area contributed by atoms with E-state index in [1.165, 1.54) is 27.1 Å². The van der Waals surface area contributed by atoms with E-state index in [4.69, 9.17) is 23.2 Å². The lowest BCUT2D eigenvalue weighted by Crippen LogP contribution is -2.15. The lowest BCUT2D eigenvalue weighted by Gasteiger charge is -2.24. The molecule has 0 bridgehead atoms. The van der Waals surface area contributed by atoms with Crippen LogP contribution in [-0.2, 0) is 6.42 Å². The molecule has 1 aliphatic carbocycles. The van der Waals surface area contributed by atoms with Crippen LogP contribution in [0.4, 0.5) is 5.69 Å². The van der Waals surface area contributed by atoms with Gasteiger partial charge in [-0.2, -0.15) is 0 Å². The second-order valence-electron chi connectivity index (χ2n) is 4.68. The number of thiophene rings is 1. The molecule has 100 valence electrons. The maximum absolute atomic E-state index is 6.04. The highest BCUT2D eigenvalue weighted by atomic mass is 79.9. The Morgan fingerprint density at radius 2 is 1.89 bits per heavy atom. The van der Waals surface area contributed by atoms with E-state index in [1.807, 2.05) is 23.5 Å². The molecule has 1 aliphatic rings. The number of fused-ring (bicyclic) bond motifs is 1. The van der Waals surface area contributed by atoms with Gasteiger partial charge in [-0.25, -0.2) is 0 Å². The number of hydrogen-bond acceptors (Lipinski definition) is 2. The summed E-state index contributed by atoms with van der Waals surface area (Å²) in [5.41, 5.74) is 2.39. The highest BCUT2D eigenvalue weighted by molar-refractivity contribution is 9.11. The molecule has 2 aromatic rings. The Kier molecular flexibility index (Phi) is 4.08. The number of benzene rings is 1. The third-order valence-corrected chi connectivity index (χ3v) is 5.44. The summed E-state index contributed by atoms with van der Waals surface area (Å²) in [4.78, 5) is 1.48. The van der Waals surface area contributed by atoms with Gasteiger partial charge in [0.25, 0.3) is 0 Å². The summed E-state index contributed by atoms with van der Waals surface area (Å²) < 4.78 is 1.20. The van der Waals surface area contributed by atoms with Crippen molar-refractivity contribution in [3.05, 3.63) is 48.5 Å². The van der Waals surface area contributed by atoms with Crippen molar-refractivity contribution in [1.29, 1.82) is 0 Å². The van der Waals surface area contributed by atoms with E-state index in [9.17, 15) is 0 Å². The Labute approximate surface area is 135 Å². The van der Waals surface area contributed by atoms with Crippen LogP contribution >= 0.6 is 50.5 Å². The maximum atomic E-state index is 6.04. The van der Waals surface area contributed by atoms with E-state index in [-0.39, 0.29) is 0 Å². The quantitative estimate of drug-likeness (QED) is 0.647. The van der Waals surface area contributed by atoms with Gasteiger partial charge in [0.1, 0.15) is 0 Å².